The van der Waals surface area contributed by atoms with E-state index < -0.39 is 6.10 Å². The Morgan fingerprint density at radius 3 is 2.45 bits per heavy atom. The number of fused-ring (bicyclic) bond motifs is 1. The average Bonchev–Trinajstić information content (AvgIpc) is 2.84. The van der Waals surface area contributed by atoms with Crippen LogP contribution in [-0.2, 0) is 9.53 Å². The molecule has 9 nitrogen and oxygen atoms in total. The van der Waals surface area contributed by atoms with E-state index in [9.17, 15) is 9.59 Å². The molecule has 1 atom stereocenters. The molecule has 2 aromatic carbocycles. The fraction of sp³-hybridized carbons (Fsp3) is 0.417. The van der Waals surface area contributed by atoms with E-state index in [2.05, 4.69) is 10.2 Å². The standard InChI is InChI=1S/C24H29N3O6/c1-16-24(29)27(10-9-26-11-13-32-14-12-26)18-15-17(7-8-19(18)33-16)25-23(28)22-20(30-2)5-4-6-21(22)31-3/h4-8,15-16H,9-14H2,1-3H3,(H,25,28). The van der Waals surface area contributed by atoms with Gasteiger partial charge in [0.2, 0.25) is 0 Å². The molecule has 1 unspecified atom stereocenters. The molecule has 1 fully saturated rings. The summed E-state index contributed by atoms with van der Waals surface area (Å²) >= 11 is 0. The summed E-state index contributed by atoms with van der Waals surface area (Å²) in [6.07, 6.45) is -0.569. The number of rotatable bonds is 7. The summed E-state index contributed by atoms with van der Waals surface area (Å²) in [4.78, 5) is 30.0. The van der Waals surface area contributed by atoms with Gasteiger partial charge in [-0.25, -0.2) is 0 Å². The highest BCUT2D eigenvalue weighted by atomic mass is 16.5. The Morgan fingerprint density at radius 2 is 1.79 bits per heavy atom. The van der Waals surface area contributed by atoms with Crippen LogP contribution in [0, 0.1) is 0 Å². The second-order valence-corrected chi connectivity index (χ2v) is 7.88. The third-order valence-corrected chi connectivity index (χ3v) is 5.82. The van der Waals surface area contributed by atoms with E-state index in [1.807, 2.05) is 0 Å². The molecule has 2 amide bonds. The summed E-state index contributed by atoms with van der Waals surface area (Å²) in [5.41, 5.74) is 1.47. The molecule has 2 aromatic rings. The quantitative estimate of drug-likeness (QED) is 0.686. The van der Waals surface area contributed by atoms with Crippen molar-refractivity contribution in [1.82, 2.24) is 4.90 Å². The molecule has 1 saturated heterocycles. The first-order chi connectivity index (χ1) is 16.0. The van der Waals surface area contributed by atoms with E-state index in [4.69, 9.17) is 18.9 Å². The molecule has 2 aliphatic rings. The van der Waals surface area contributed by atoms with E-state index in [-0.39, 0.29) is 11.8 Å². The first-order valence-corrected chi connectivity index (χ1v) is 11.0. The molecule has 0 aromatic heterocycles. The van der Waals surface area contributed by atoms with Gasteiger partial charge in [-0.3, -0.25) is 14.5 Å². The third-order valence-electron chi connectivity index (χ3n) is 5.82. The lowest BCUT2D eigenvalue weighted by molar-refractivity contribution is -0.125. The van der Waals surface area contributed by atoms with Crippen LogP contribution in [-0.4, -0.2) is 76.4 Å². The lowest BCUT2D eigenvalue weighted by Gasteiger charge is -2.35. The van der Waals surface area contributed by atoms with Crippen LogP contribution in [0.4, 0.5) is 11.4 Å². The summed E-state index contributed by atoms with van der Waals surface area (Å²) in [6, 6.07) is 10.4. The normalized spacial score (nSPS) is 18.3. The molecule has 0 saturated carbocycles. The third kappa shape index (κ3) is 4.89. The fourth-order valence-electron chi connectivity index (χ4n) is 4.05. The number of morpholine rings is 1. The minimum absolute atomic E-state index is 0.106. The predicted molar refractivity (Wildman–Crippen MR) is 124 cm³/mol. The van der Waals surface area contributed by atoms with Gasteiger partial charge in [-0.2, -0.15) is 0 Å². The molecule has 33 heavy (non-hydrogen) atoms. The second kappa shape index (κ2) is 10.1. The molecular weight excluding hydrogens is 426 g/mol. The van der Waals surface area contributed by atoms with Gasteiger partial charge in [0.15, 0.2) is 6.10 Å². The Bertz CT molecular complexity index is 999. The van der Waals surface area contributed by atoms with E-state index in [0.717, 1.165) is 19.6 Å². The van der Waals surface area contributed by atoms with Crippen molar-refractivity contribution in [2.24, 2.45) is 0 Å². The molecular formula is C24H29N3O6. The number of methoxy groups -OCH3 is 2. The van der Waals surface area contributed by atoms with Crippen molar-refractivity contribution in [2.75, 3.05) is 63.8 Å². The van der Waals surface area contributed by atoms with Crippen LogP contribution in [0.25, 0.3) is 0 Å². The van der Waals surface area contributed by atoms with Crippen LogP contribution in [0.3, 0.4) is 0 Å². The monoisotopic (exact) mass is 455 g/mol. The van der Waals surface area contributed by atoms with Crippen molar-refractivity contribution in [3.05, 3.63) is 42.0 Å². The van der Waals surface area contributed by atoms with E-state index in [1.165, 1.54) is 14.2 Å². The van der Waals surface area contributed by atoms with Crippen LogP contribution in [0.1, 0.15) is 17.3 Å². The highest BCUT2D eigenvalue weighted by molar-refractivity contribution is 6.09. The SMILES string of the molecule is COc1cccc(OC)c1C(=O)Nc1ccc2c(c1)N(CCN1CCOCC1)C(=O)C(C)O2. The van der Waals surface area contributed by atoms with Gasteiger partial charge >= 0.3 is 0 Å². The van der Waals surface area contributed by atoms with Gasteiger partial charge in [0, 0.05) is 31.9 Å². The van der Waals surface area contributed by atoms with Crippen LogP contribution in [0.2, 0.25) is 0 Å². The molecule has 0 bridgehead atoms. The molecule has 0 radical (unpaired) electrons. The summed E-state index contributed by atoms with van der Waals surface area (Å²) < 4.78 is 21.9. The lowest BCUT2D eigenvalue weighted by atomic mass is 10.1. The predicted octanol–water partition coefficient (Wildman–Crippen LogP) is 2.40. The number of anilines is 2. The van der Waals surface area contributed by atoms with E-state index >= 15 is 0 Å². The maximum absolute atomic E-state index is 13.1. The number of ether oxygens (including phenoxy) is 4. The lowest BCUT2D eigenvalue weighted by Crippen LogP contribution is -2.48. The second-order valence-electron chi connectivity index (χ2n) is 7.88. The van der Waals surface area contributed by atoms with Crippen molar-refractivity contribution in [1.29, 1.82) is 0 Å². The number of carbonyl (C=O) groups excluding carboxylic acids is 2. The van der Waals surface area contributed by atoms with Crippen molar-refractivity contribution < 1.29 is 28.5 Å². The Kier molecular flexibility index (Phi) is 7.00. The largest absolute Gasteiger partial charge is 0.496 e. The molecule has 2 aliphatic heterocycles. The van der Waals surface area contributed by atoms with Crippen LogP contribution in [0.15, 0.2) is 36.4 Å². The van der Waals surface area contributed by atoms with E-state index in [0.29, 0.717) is 53.9 Å². The molecule has 9 heteroatoms. The summed E-state index contributed by atoms with van der Waals surface area (Å²) in [5, 5.41) is 2.89. The Morgan fingerprint density at radius 1 is 1.09 bits per heavy atom. The van der Waals surface area contributed by atoms with Crippen molar-refractivity contribution >= 4 is 23.2 Å². The van der Waals surface area contributed by atoms with Gasteiger partial charge < -0.3 is 29.2 Å². The molecule has 0 aliphatic carbocycles. The topological polar surface area (TPSA) is 89.6 Å². The number of amides is 2. The van der Waals surface area contributed by atoms with Crippen molar-refractivity contribution in [2.45, 2.75) is 13.0 Å². The maximum atomic E-state index is 13.1. The Hall–Kier alpha value is -3.30. The van der Waals surface area contributed by atoms with Crippen LogP contribution in [0.5, 0.6) is 17.2 Å². The average molecular weight is 456 g/mol. The molecule has 4 rings (SSSR count). The van der Waals surface area contributed by atoms with Gasteiger partial charge in [-0.1, -0.05) is 6.07 Å². The zero-order valence-corrected chi connectivity index (χ0v) is 19.1. The number of hydrogen-bond donors (Lipinski definition) is 1. The van der Waals surface area contributed by atoms with Gasteiger partial charge in [0.25, 0.3) is 11.8 Å². The van der Waals surface area contributed by atoms with Gasteiger partial charge in [0.05, 0.1) is 33.1 Å². The van der Waals surface area contributed by atoms with Crippen molar-refractivity contribution in [3.8, 4) is 17.2 Å². The molecule has 1 N–H and O–H groups in total. The first kappa shape index (κ1) is 22.9. The zero-order chi connectivity index (χ0) is 23.4. The van der Waals surface area contributed by atoms with Gasteiger partial charge in [-0.05, 0) is 37.3 Å². The minimum Gasteiger partial charge on any atom is -0.496 e. The number of carbonyl (C=O) groups is 2. The number of benzene rings is 2. The molecule has 176 valence electrons. The number of nitrogens with zero attached hydrogens (tertiary/aromatic N) is 2. The van der Waals surface area contributed by atoms with Gasteiger partial charge in [-0.15, -0.1) is 0 Å². The number of nitrogens with one attached hydrogen (secondary N) is 1. The summed E-state index contributed by atoms with van der Waals surface area (Å²) in [6.45, 7) is 6.10. The molecule has 0 spiro atoms. The smallest absolute Gasteiger partial charge is 0.267 e. The van der Waals surface area contributed by atoms with Crippen molar-refractivity contribution in [3.63, 3.8) is 0 Å². The minimum atomic E-state index is -0.569. The van der Waals surface area contributed by atoms with Crippen LogP contribution >= 0.6 is 0 Å². The summed E-state index contributed by atoms with van der Waals surface area (Å²) in [5.74, 6) is 0.941. The Balaban J connectivity index is 1.57. The first-order valence-electron chi connectivity index (χ1n) is 11.0. The van der Waals surface area contributed by atoms with Gasteiger partial charge in [0.1, 0.15) is 22.8 Å². The van der Waals surface area contributed by atoms with Crippen LogP contribution < -0.4 is 24.4 Å². The highest BCUT2D eigenvalue weighted by Gasteiger charge is 2.32. The number of hydrogen-bond acceptors (Lipinski definition) is 7. The fourth-order valence-corrected chi connectivity index (χ4v) is 4.05. The Labute approximate surface area is 193 Å². The summed E-state index contributed by atoms with van der Waals surface area (Å²) in [7, 11) is 3.00. The maximum Gasteiger partial charge on any atom is 0.267 e. The highest BCUT2D eigenvalue weighted by Crippen LogP contribution is 2.37. The molecule has 2 heterocycles. The van der Waals surface area contributed by atoms with E-state index in [1.54, 1.807) is 48.2 Å². The zero-order valence-electron chi connectivity index (χ0n) is 19.1.